The molecule has 0 N–H and O–H groups in total. The molecule has 0 atom stereocenters. The predicted molar refractivity (Wildman–Crippen MR) is 90.3 cm³/mol. The highest BCUT2D eigenvalue weighted by atomic mass is 16.5. The molecule has 0 aromatic rings. The van der Waals surface area contributed by atoms with Crippen LogP contribution >= 0.6 is 0 Å². The SMILES string of the molecule is C=C/C=C\C(=C)C(=C)/C=C\C(=C)C(=C)/C=C\C(=C)OC. The van der Waals surface area contributed by atoms with E-state index in [0.29, 0.717) is 5.76 Å². The number of ether oxygens (including phenoxy) is 1. The Labute approximate surface area is 122 Å². The highest BCUT2D eigenvalue weighted by molar-refractivity contribution is 5.49. The van der Waals surface area contributed by atoms with Crippen molar-refractivity contribution in [3.63, 3.8) is 0 Å². The van der Waals surface area contributed by atoms with Gasteiger partial charge in [-0.1, -0.05) is 75.9 Å². The van der Waals surface area contributed by atoms with E-state index in [9.17, 15) is 0 Å². The minimum atomic E-state index is 0.565. The van der Waals surface area contributed by atoms with Crippen LogP contribution in [0.25, 0.3) is 0 Å². The molecule has 0 saturated carbocycles. The first kappa shape index (κ1) is 17.5. The number of hydrogen-bond donors (Lipinski definition) is 0. The molecule has 0 radical (unpaired) electrons. The molecule has 0 amide bonds. The van der Waals surface area contributed by atoms with Gasteiger partial charge in [-0.15, -0.1) is 0 Å². The summed E-state index contributed by atoms with van der Waals surface area (Å²) in [4.78, 5) is 0. The zero-order chi connectivity index (χ0) is 15.5. The van der Waals surface area contributed by atoms with E-state index in [2.05, 4.69) is 39.5 Å². The van der Waals surface area contributed by atoms with Crippen LogP contribution in [0.15, 0.2) is 110 Å². The van der Waals surface area contributed by atoms with Crippen molar-refractivity contribution in [1.29, 1.82) is 0 Å². The second-order valence-corrected chi connectivity index (χ2v) is 4.03. The van der Waals surface area contributed by atoms with Crippen LogP contribution in [-0.4, -0.2) is 7.11 Å². The second kappa shape index (κ2) is 9.40. The van der Waals surface area contributed by atoms with Gasteiger partial charge in [-0.2, -0.15) is 0 Å². The second-order valence-electron chi connectivity index (χ2n) is 4.03. The summed E-state index contributed by atoms with van der Waals surface area (Å²) in [6.07, 6.45) is 12.6. The topological polar surface area (TPSA) is 9.23 Å². The lowest BCUT2D eigenvalue weighted by Gasteiger charge is -2.02. The maximum Gasteiger partial charge on any atom is 0.111 e. The van der Waals surface area contributed by atoms with E-state index in [4.69, 9.17) is 4.74 Å². The van der Waals surface area contributed by atoms with Gasteiger partial charge in [0.25, 0.3) is 0 Å². The Kier molecular flexibility index (Phi) is 8.20. The fourth-order valence-electron chi connectivity index (χ4n) is 1.08. The number of hydrogen-bond acceptors (Lipinski definition) is 1. The van der Waals surface area contributed by atoms with Gasteiger partial charge < -0.3 is 4.74 Å². The van der Waals surface area contributed by atoms with Crippen molar-refractivity contribution in [2.75, 3.05) is 7.11 Å². The van der Waals surface area contributed by atoms with Gasteiger partial charge in [-0.3, -0.25) is 0 Å². The van der Waals surface area contributed by atoms with Gasteiger partial charge in [-0.05, 0) is 28.4 Å². The first-order valence-corrected chi connectivity index (χ1v) is 6.07. The Hall–Kier alpha value is -2.54. The molecule has 20 heavy (non-hydrogen) atoms. The van der Waals surface area contributed by atoms with Crippen molar-refractivity contribution in [2.45, 2.75) is 0 Å². The van der Waals surface area contributed by atoms with Crippen LogP contribution in [-0.2, 0) is 4.74 Å². The van der Waals surface area contributed by atoms with Gasteiger partial charge >= 0.3 is 0 Å². The molecule has 1 nitrogen and oxygen atoms in total. The van der Waals surface area contributed by atoms with Gasteiger partial charge in [0.2, 0.25) is 0 Å². The zero-order valence-corrected chi connectivity index (χ0v) is 12.2. The molecule has 0 aliphatic heterocycles. The first-order valence-electron chi connectivity index (χ1n) is 6.07. The minimum absolute atomic E-state index is 0.565. The van der Waals surface area contributed by atoms with Crippen LogP contribution in [0.1, 0.15) is 0 Å². The van der Waals surface area contributed by atoms with Gasteiger partial charge in [0, 0.05) is 0 Å². The van der Waals surface area contributed by atoms with Gasteiger partial charge in [-0.25, -0.2) is 0 Å². The minimum Gasteiger partial charge on any atom is -0.497 e. The molecule has 0 saturated heterocycles. The van der Waals surface area contributed by atoms with Crippen LogP contribution in [0.5, 0.6) is 0 Å². The van der Waals surface area contributed by atoms with Crippen LogP contribution in [0.3, 0.4) is 0 Å². The summed E-state index contributed by atoms with van der Waals surface area (Å²) in [6, 6.07) is 0. The van der Waals surface area contributed by atoms with Crippen molar-refractivity contribution in [1.82, 2.24) is 0 Å². The average molecular weight is 266 g/mol. The van der Waals surface area contributed by atoms with Gasteiger partial charge in [0.15, 0.2) is 0 Å². The maximum atomic E-state index is 4.94. The third-order valence-corrected chi connectivity index (χ3v) is 2.48. The number of rotatable bonds is 9. The van der Waals surface area contributed by atoms with Crippen LogP contribution in [0.4, 0.5) is 0 Å². The van der Waals surface area contributed by atoms with Crippen LogP contribution in [0, 0.1) is 0 Å². The molecule has 0 aliphatic rings. The lowest BCUT2D eigenvalue weighted by Crippen LogP contribution is -1.83. The highest BCUT2D eigenvalue weighted by Gasteiger charge is 1.95. The third-order valence-electron chi connectivity index (χ3n) is 2.48. The van der Waals surface area contributed by atoms with Gasteiger partial charge in [0.1, 0.15) is 5.76 Å². The monoisotopic (exact) mass is 266 g/mol. The van der Waals surface area contributed by atoms with Crippen LogP contribution < -0.4 is 0 Å². The number of methoxy groups -OCH3 is 1. The average Bonchev–Trinajstić information content (AvgIpc) is 2.46. The van der Waals surface area contributed by atoms with E-state index in [1.807, 2.05) is 24.3 Å². The molecule has 0 rings (SSSR count). The van der Waals surface area contributed by atoms with Crippen molar-refractivity contribution in [3.05, 3.63) is 110 Å². The summed E-state index contributed by atoms with van der Waals surface area (Å²) in [5.74, 6) is 0.565. The molecule has 0 aliphatic carbocycles. The quantitative estimate of drug-likeness (QED) is 0.410. The molecule has 0 aromatic carbocycles. The maximum absolute atomic E-state index is 4.94. The molecule has 104 valence electrons. The van der Waals surface area contributed by atoms with E-state index < -0.39 is 0 Å². The summed E-state index contributed by atoms with van der Waals surface area (Å²) in [6.45, 7) is 23.0. The summed E-state index contributed by atoms with van der Waals surface area (Å²) in [7, 11) is 1.57. The molecule has 0 aromatic heterocycles. The number of allylic oxidation sites excluding steroid dienone is 11. The lowest BCUT2D eigenvalue weighted by molar-refractivity contribution is 0.309. The highest BCUT2D eigenvalue weighted by Crippen LogP contribution is 2.14. The van der Waals surface area contributed by atoms with E-state index in [1.165, 1.54) is 0 Å². The lowest BCUT2D eigenvalue weighted by atomic mass is 10.0. The Bertz CT molecular complexity index is 522. The van der Waals surface area contributed by atoms with Gasteiger partial charge in [0.05, 0.1) is 7.11 Å². The molecular formula is C19H22O. The third kappa shape index (κ3) is 7.02. The molecule has 0 fully saturated rings. The normalized spacial score (nSPS) is 10.8. The van der Waals surface area contributed by atoms with Crippen molar-refractivity contribution < 1.29 is 4.74 Å². The molecule has 0 spiro atoms. The Morgan fingerprint density at radius 1 is 0.700 bits per heavy atom. The van der Waals surface area contributed by atoms with E-state index in [0.717, 1.165) is 22.3 Å². The molecule has 0 heterocycles. The standard InChI is InChI=1S/C19H22O/c1-8-9-10-15(2)16(3)11-12-17(4)18(5)13-14-19(6)20-7/h8-14H,1-6H2,7H3/b10-9-,12-11-,14-13-. The van der Waals surface area contributed by atoms with E-state index in [-0.39, 0.29) is 0 Å². The Morgan fingerprint density at radius 2 is 1.10 bits per heavy atom. The van der Waals surface area contributed by atoms with Crippen LogP contribution in [0.2, 0.25) is 0 Å². The molecule has 0 unspecified atom stereocenters. The smallest absolute Gasteiger partial charge is 0.111 e. The molecular weight excluding hydrogens is 244 g/mol. The van der Waals surface area contributed by atoms with Crippen molar-refractivity contribution in [2.24, 2.45) is 0 Å². The van der Waals surface area contributed by atoms with Crippen molar-refractivity contribution >= 4 is 0 Å². The van der Waals surface area contributed by atoms with E-state index >= 15 is 0 Å². The fourth-order valence-corrected chi connectivity index (χ4v) is 1.08. The first-order chi connectivity index (χ1) is 9.42. The summed E-state index contributed by atoms with van der Waals surface area (Å²) in [5.41, 5.74) is 3.19. The summed E-state index contributed by atoms with van der Waals surface area (Å²) < 4.78 is 4.94. The molecule has 1 heteroatoms. The summed E-state index contributed by atoms with van der Waals surface area (Å²) in [5, 5.41) is 0. The fraction of sp³-hybridized carbons (Fsp3) is 0.0526. The van der Waals surface area contributed by atoms with Crippen molar-refractivity contribution in [3.8, 4) is 0 Å². The molecule has 0 bridgehead atoms. The predicted octanol–water partition coefficient (Wildman–Crippen LogP) is 5.23. The van der Waals surface area contributed by atoms with E-state index in [1.54, 1.807) is 25.3 Å². The Morgan fingerprint density at radius 3 is 1.50 bits per heavy atom. The summed E-state index contributed by atoms with van der Waals surface area (Å²) >= 11 is 0. The Balaban J connectivity index is 4.60. The zero-order valence-electron chi connectivity index (χ0n) is 12.2. The largest absolute Gasteiger partial charge is 0.497 e.